The van der Waals surface area contributed by atoms with E-state index in [-0.39, 0.29) is 11.6 Å². The van der Waals surface area contributed by atoms with Gasteiger partial charge in [0.15, 0.2) is 22.5 Å². The van der Waals surface area contributed by atoms with Crippen molar-refractivity contribution in [3.63, 3.8) is 0 Å². The quantitative estimate of drug-likeness (QED) is 0.650. The summed E-state index contributed by atoms with van der Waals surface area (Å²) in [6.07, 6.45) is 0. The van der Waals surface area contributed by atoms with Gasteiger partial charge in [-0.25, -0.2) is 4.39 Å². The molecule has 0 fully saturated rings. The van der Waals surface area contributed by atoms with Gasteiger partial charge in [-0.2, -0.15) is 0 Å². The molecule has 0 bridgehead atoms. The number of hydrogen-bond donors (Lipinski definition) is 0. The van der Waals surface area contributed by atoms with Crippen molar-refractivity contribution >= 4 is 11.8 Å². The highest BCUT2D eigenvalue weighted by molar-refractivity contribution is 7.98. The van der Waals surface area contributed by atoms with Crippen molar-refractivity contribution in [2.24, 2.45) is 7.05 Å². The van der Waals surface area contributed by atoms with Crippen LogP contribution in [0.15, 0.2) is 47.6 Å². The SMILES string of the molecule is COc1ccc(CSc2nnc(-c3cccc(C)c3)n2C)cc1F. The van der Waals surface area contributed by atoms with E-state index in [9.17, 15) is 4.39 Å². The number of aryl methyl sites for hydroxylation is 1. The van der Waals surface area contributed by atoms with Crippen LogP contribution in [-0.4, -0.2) is 21.9 Å². The Morgan fingerprint density at radius 3 is 2.71 bits per heavy atom. The summed E-state index contributed by atoms with van der Waals surface area (Å²) in [5.41, 5.74) is 3.09. The molecule has 0 amide bonds. The highest BCUT2D eigenvalue weighted by Gasteiger charge is 2.12. The third kappa shape index (κ3) is 3.43. The van der Waals surface area contributed by atoms with Crippen LogP contribution in [0.3, 0.4) is 0 Å². The molecule has 0 aliphatic rings. The molecule has 124 valence electrons. The Kier molecular flexibility index (Phi) is 4.85. The highest BCUT2D eigenvalue weighted by Crippen LogP contribution is 2.27. The van der Waals surface area contributed by atoms with Crippen LogP contribution >= 0.6 is 11.8 Å². The molecule has 0 spiro atoms. The van der Waals surface area contributed by atoms with E-state index >= 15 is 0 Å². The smallest absolute Gasteiger partial charge is 0.191 e. The normalized spacial score (nSPS) is 10.8. The number of ether oxygens (including phenoxy) is 1. The summed E-state index contributed by atoms with van der Waals surface area (Å²) in [6.45, 7) is 2.05. The van der Waals surface area contributed by atoms with Crippen molar-refractivity contribution in [1.82, 2.24) is 14.8 Å². The molecule has 0 aliphatic heterocycles. The third-order valence-corrected chi connectivity index (χ3v) is 4.79. The molecular weight excluding hydrogens is 325 g/mol. The molecule has 3 rings (SSSR count). The number of rotatable bonds is 5. The molecule has 0 N–H and O–H groups in total. The van der Waals surface area contributed by atoms with Crippen LogP contribution in [0, 0.1) is 12.7 Å². The van der Waals surface area contributed by atoms with Crippen LogP contribution in [0.25, 0.3) is 11.4 Å². The summed E-state index contributed by atoms with van der Waals surface area (Å²) in [5.74, 6) is 1.33. The van der Waals surface area contributed by atoms with Gasteiger partial charge in [-0.3, -0.25) is 0 Å². The molecule has 0 saturated heterocycles. The molecule has 1 heterocycles. The lowest BCUT2D eigenvalue weighted by atomic mass is 10.1. The first-order chi connectivity index (χ1) is 11.6. The topological polar surface area (TPSA) is 39.9 Å². The first kappa shape index (κ1) is 16.5. The molecule has 6 heteroatoms. The van der Waals surface area contributed by atoms with E-state index in [0.29, 0.717) is 5.75 Å². The van der Waals surface area contributed by atoms with Gasteiger partial charge < -0.3 is 9.30 Å². The number of aromatic nitrogens is 3. The Hall–Kier alpha value is -2.34. The lowest BCUT2D eigenvalue weighted by Crippen LogP contribution is -1.95. The van der Waals surface area contributed by atoms with Crippen molar-refractivity contribution in [3.8, 4) is 17.1 Å². The van der Waals surface area contributed by atoms with E-state index in [0.717, 1.165) is 22.1 Å². The fourth-order valence-electron chi connectivity index (χ4n) is 2.42. The lowest BCUT2D eigenvalue weighted by Gasteiger charge is -2.06. The van der Waals surface area contributed by atoms with Gasteiger partial charge in [-0.15, -0.1) is 10.2 Å². The largest absolute Gasteiger partial charge is 0.494 e. The number of hydrogen-bond acceptors (Lipinski definition) is 4. The van der Waals surface area contributed by atoms with E-state index in [1.54, 1.807) is 6.07 Å². The average molecular weight is 343 g/mol. The Bertz CT molecular complexity index is 863. The Morgan fingerprint density at radius 1 is 1.17 bits per heavy atom. The van der Waals surface area contributed by atoms with Crippen LogP contribution in [0.2, 0.25) is 0 Å². The van der Waals surface area contributed by atoms with Crippen LogP contribution < -0.4 is 4.74 Å². The predicted molar refractivity (Wildman–Crippen MR) is 93.7 cm³/mol. The minimum Gasteiger partial charge on any atom is -0.494 e. The molecule has 4 nitrogen and oxygen atoms in total. The number of methoxy groups -OCH3 is 1. The Morgan fingerprint density at radius 2 is 2.00 bits per heavy atom. The molecule has 1 aromatic heterocycles. The van der Waals surface area contributed by atoms with Gasteiger partial charge in [0.25, 0.3) is 0 Å². The van der Waals surface area contributed by atoms with E-state index in [2.05, 4.69) is 16.3 Å². The van der Waals surface area contributed by atoms with Gasteiger partial charge in [0, 0.05) is 18.4 Å². The van der Waals surface area contributed by atoms with Gasteiger partial charge >= 0.3 is 0 Å². The maximum atomic E-state index is 13.8. The van der Waals surface area contributed by atoms with Gasteiger partial charge in [0.05, 0.1) is 7.11 Å². The second kappa shape index (κ2) is 7.05. The molecule has 0 aliphatic carbocycles. The maximum Gasteiger partial charge on any atom is 0.191 e. The van der Waals surface area contributed by atoms with E-state index in [1.165, 1.54) is 30.5 Å². The minimum absolute atomic E-state index is 0.254. The molecule has 3 aromatic rings. The molecular formula is C18H18FN3OS. The summed E-state index contributed by atoms with van der Waals surface area (Å²) in [7, 11) is 3.40. The first-order valence-electron chi connectivity index (χ1n) is 7.50. The average Bonchev–Trinajstić information content (AvgIpc) is 2.94. The fourth-order valence-corrected chi connectivity index (χ4v) is 3.28. The van der Waals surface area contributed by atoms with E-state index in [1.807, 2.05) is 42.8 Å². The summed E-state index contributed by atoms with van der Waals surface area (Å²) >= 11 is 1.52. The Balaban J connectivity index is 1.76. The minimum atomic E-state index is -0.353. The number of halogens is 1. The molecule has 0 atom stereocenters. The first-order valence-corrected chi connectivity index (χ1v) is 8.48. The van der Waals surface area contributed by atoms with Crippen molar-refractivity contribution in [2.45, 2.75) is 17.8 Å². The zero-order valence-corrected chi connectivity index (χ0v) is 14.6. The van der Waals surface area contributed by atoms with Gasteiger partial charge in [0.1, 0.15) is 0 Å². The highest BCUT2D eigenvalue weighted by atomic mass is 32.2. The van der Waals surface area contributed by atoms with Crippen molar-refractivity contribution in [1.29, 1.82) is 0 Å². The van der Waals surface area contributed by atoms with Gasteiger partial charge in [-0.05, 0) is 30.7 Å². The van der Waals surface area contributed by atoms with E-state index in [4.69, 9.17) is 4.74 Å². The summed E-state index contributed by atoms with van der Waals surface area (Å²) in [6, 6.07) is 13.1. The van der Waals surface area contributed by atoms with Gasteiger partial charge in [0.2, 0.25) is 0 Å². The third-order valence-electron chi connectivity index (χ3n) is 3.70. The molecule has 0 radical (unpaired) electrons. The van der Waals surface area contributed by atoms with Crippen LogP contribution in [0.5, 0.6) is 5.75 Å². The fraction of sp³-hybridized carbons (Fsp3) is 0.222. The van der Waals surface area contributed by atoms with Crippen molar-refractivity contribution in [2.75, 3.05) is 7.11 Å². The number of nitrogens with zero attached hydrogens (tertiary/aromatic N) is 3. The zero-order chi connectivity index (χ0) is 17.1. The molecule has 0 unspecified atom stereocenters. The van der Waals surface area contributed by atoms with Crippen LogP contribution in [0.1, 0.15) is 11.1 Å². The summed E-state index contributed by atoms with van der Waals surface area (Å²) < 4.78 is 20.6. The van der Waals surface area contributed by atoms with E-state index < -0.39 is 0 Å². The number of thioether (sulfide) groups is 1. The predicted octanol–water partition coefficient (Wildman–Crippen LogP) is 4.23. The van der Waals surface area contributed by atoms with Crippen LogP contribution in [-0.2, 0) is 12.8 Å². The molecule has 24 heavy (non-hydrogen) atoms. The Labute approximate surface area is 144 Å². The molecule has 0 saturated carbocycles. The maximum absolute atomic E-state index is 13.8. The van der Waals surface area contributed by atoms with Crippen molar-refractivity contribution < 1.29 is 9.13 Å². The number of benzene rings is 2. The second-order valence-electron chi connectivity index (χ2n) is 5.49. The zero-order valence-electron chi connectivity index (χ0n) is 13.8. The monoisotopic (exact) mass is 343 g/mol. The lowest BCUT2D eigenvalue weighted by molar-refractivity contribution is 0.386. The standard InChI is InChI=1S/C18H18FN3OS/c1-12-5-4-6-14(9-12)17-20-21-18(22(17)2)24-11-13-7-8-16(23-3)15(19)10-13/h4-10H,11H2,1-3H3. The second-order valence-corrected chi connectivity index (χ2v) is 6.43. The van der Waals surface area contributed by atoms with Gasteiger partial charge in [-0.1, -0.05) is 41.6 Å². The molecule has 2 aromatic carbocycles. The summed E-state index contributed by atoms with van der Waals surface area (Å²) in [4.78, 5) is 0. The van der Waals surface area contributed by atoms with Crippen LogP contribution in [0.4, 0.5) is 4.39 Å². The van der Waals surface area contributed by atoms with Crippen molar-refractivity contribution in [3.05, 3.63) is 59.4 Å². The summed E-state index contributed by atoms with van der Waals surface area (Å²) in [5, 5.41) is 9.33.